The minimum absolute atomic E-state index is 0.122. The molecule has 1 aromatic carbocycles. The molecule has 120 valence electrons. The lowest BCUT2D eigenvalue weighted by Crippen LogP contribution is -2.37. The monoisotopic (exact) mass is 304 g/mol. The fourth-order valence-electron chi connectivity index (χ4n) is 2.40. The molecule has 2 aromatic rings. The van der Waals surface area contributed by atoms with E-state index in [2.05, 4.69) is 26.3 Å². The zero-order valence-corrected chi connectivity index (χ0v) is 13.3. The summed E-state index contributed by atoms with van der Waals surface area (Å²) in [4.78, 5) is 16.1. The predicted molar refractivity (Wildman–Crippen MR) is 87.0 cm³/mol. The third-order valence-corrected chi connectivity index (χ3v) is 3.50. The van der Waals surface area contributed by atoms with Crippen molar-refractivity contribution < 1.29 is 9.53 Å². The van der Waals surface area contributed by atoms with Gasteiger partial charge in [0.1, 0.15) is 5.82 Å². The van der Waals surface area contributed by atoms with E-state index in [4.69, 9.17) is 4.74 Å². The number of carbonyl (C=O) groups excluding carboxylic acids is 1. The molecular formula is C16H24N4O2. The molecule has 0 aliphatic heterocycles. The van der Waals surface area contributed by atoms with E-state index in [0.29, 0.717) is 19.7 Å². The van der Waals surface area contributed by atoms with Gasteiger partial charge in [0, 0.05) is 33.4 Å². The Hall–Kier alpha value is -2.08. The minimum atomic E-state index is -0.122. The Labute approximate surface area is 130 Å². The van der Waals surface area contributed by atoms with E-state index in [0.717, 1.165) is 36.2 Å². The SMILES string of the molecule is COCCCNC(=O)NCCCn1c(C)nc2ccccc21. The van der Waals surface area contributed by atoms with Gasteiger partial charge in [-0.3, -0.25) is 0 Å². The minimum Gasteiger partial charge on any atom is -0.385 e. The van der Waals surface area contributed by atoms with Gasteiger partial charge in [0.2, 0.25) is 0 Å². The summed E-state index contributed by atoms with van der Waals surface area (Å²) in [5.41, 5.74) is 2.16. The number of aryl methyl sites for hydroxylation is 2. The number of benzene rings is 1. The number of imidazole rings is 1. The molecule has 0 aliphatic rings. The average molecular weight is 304 g/mol. The number of hydrogen-bond donors (Lipinski definition) is 2. The second-order valence-corrected chi connectivity index (χ2v) is 5.18. The first-order valence-electron chi connectivity index (χ1n) is 7.65. The Morgan fingerprint density at radius 2 is 1.95 bits per heavy atom. The van der Waals surface area contributed by atoms with Gasteiger partial charge >= 0.3 is 6.03 Å². The fourth-order valence-corrected chi connectivity index (χ4v) is 2.40. The molecule has 2 N–H and O–H groups in total. The number of hydrogen-bond acceptors (Lipinski definition) is 3. The van der Waals surface area contributed by atoms with Gasteiger partial charge in [0.05, 0.1) is 11.0 Å². The van der Waals surface area contributed by atoms with Gasteiger partial charge < -0.3 is 19.9 Å². The maximum Gasteiger partial charge on any atom is 0.314 e. The van der Waals surface area contributed by atoms with Gasteiger partial charge in [-0.2, -0.15) is 0 Å². The van der Waals surface area contributed by atoms with E-state index in [1.165, 1.54) is 0 Å². The van der Waals surface area contributed by atoms with Crippen LogP contribution in [0.2, 0.25) is 0 Å². The summed E-state index contributed by atoms with van der Waals surface area (Å²) in [6, 6.07) is 7.99. The van der Waals surface area contributed by atoms with E-state index in [1.54, 1.807) is 7.11 Å². The molecule has 0 atom stereocenters. The van der Waals surface area contributed by atoms with Crippen LogP contribution in [-0.2, 0) is 11.3 Å². The normalized spacial score (nSPS) is 10.8. The van der Waals surface area contributed by atoms with Gasteiger partial charge in [-0.25, -0.2) is 9.78 Å². The molecule has 6 nitrogen and oxygen atoms in total. The molecule has 1 aromatic heterocycles. The third kappa shape index (κ3) is 4.46. The van der Waals surface area contributed by atoms with Gasteiger partial charge in [-0.1, -0.05) is 12.1 Å². The number of rotatable bonds is 8. The highest BCUT2D eigenvalue weighted by atomic mass is 16.5. The van der Waals surface area contributed by atoms with Crippen molar-refractivity contribution in [2.45, 2.75) is 26.3 Å². The van der Waals surface area contributed by atoms with Crippen molar-refractivity contribution in [1.82, 2.24) is 20.2 Å². The Kier molecular flexibility index (Phi) is 6.21. The largest absolute Gasteiger partial charge is 0.385 e. The van der Waals surface area contributed by atoms with Crippen LogP contribution in [0.15, 0.2) is 24.3 Å². The highest BCUT2D eigenvalue weighted by molar-refractivity contribution is 5.75. The summed E-state index contributed by atoms with van der Waals surface area (Å²) < 4.78 is 7.12. The van der Waals surface area contributed by atoms with Crippen LogP contribution in [0.5, 0.6) is 0 Å². The second-order valence-electron chi connectivity index (χ2n) is 5.18. The first-order chi connectivity index (χ1) is 10.7. The maximum absolute atomic E-state index is 11.6. The Balaban J connectivity index is 1.72. The van der Waals surface area contributed by atoms with Gasteiger partial charge in [0.15, 0.2) is 0 Å². The molecular weight excluding hydrogens is 280 g/mol. The number of para-hydroxylation sites is 2. The van der Waals surface area contributed by atoms with Crippen LogP contribution in [0, 0.1) is 6.92 Å². The van der Waals surface area contributed by atoms with Crippen LogP contribution in [0.25, 0.3) is 11.0 Å². The molecule has 2 rings (SSSR count). The molecule has 22 heavy (non-hydrogen) atoms. The third-order valence-electron chi connectivity index (χ3n) is 3.50. The van der Waals surface area contributed by atoms with Crippen molar-refractivity contribution in [2.75, 3.05) is 26.8 Å². The van der Waals surface area contributed by atoms with E-state index < -0.39 is 0 Å². The van der Waals surface area contributed by atoms with Crippen molar-refractivity contribution in [3.63, 3.8) is 0 Å². The van der Waals surface area contributed by atoms with Gasteiger partial charge in [-0.15, -0.1) is 0 Å². The Morgan fingerprint density at radius 1 is 1.23 bits per heavy atom. The van der Waals surface area contributed by atoms with Gasteiger partial charge in [-0.05, 0) is 31.9 Å². The number of carbonyl (C=O) groups is 1. The zero-order chi connectivity index (χ0) is 15.8. The van der Waals surface area contributed by atoms with E-state index in [-0.39, 0.29) is 6.03 Å². The lowest BCUT2D eigenvalue weighted by molar-refractivity contribution is 0.193. The average Bonchev–Trinajstić information content (AvgIpc) is 2.84. The van der Waals surface area contributed by atoms with Gasteiger partial charge in [0.25, 0.3) is 0 Å². The Morgan fingerprint density at radius 3 is 2.73 bits per heavy atom. The van der Waals surface area contributed by atoms with Crippen LogP contribution < -0.4 is 10.6 Å². The van der Waals surface area contributed by atoms with Crippen LogP contribution >= 0.6 is 0 Å². The molecule has 0 unspecified atom stereocenters. The van der Waals surface area contributed by atoms with Crippen LogP contribution in [0.3, 0.4) is 0 Å². The molecule has 6 heteroatoms. The number of methoxy groups -OCH3 is 1. The molecule has 1 heterocycles. The molecule has 0 fully saturated rings. The summed E-state index contributed by atoms with van der Waals surface area (Å²) in [7, 11) is 1.65. The summed E-state index contributed by atoms with van der Waals surface area (Å²) in [6.45, 7) is 4.78. The summed E-state index contributed by atoms with van der Waals surface area (Å²) in [5, 5.41) is 5.67. The van der Waals surface area contributed by atoms with Crippen LogP contribution in [-0.4, -0.2) is 42.4 Å². The standard InChI is InChI=1S/C16H24N4O2/c1-13-19-14-7-3-4-8-15(14)20(13)11-5-9-17-16(21)18-10-6-12-22-2/h3-4,7-8H,5-6,9-12H2,1-2H3,(H2,17,18,21). The number of nitrogens with one attached hydrogen (secondary N) is 2. The zero-order valence-electron chi connectivity index (χ0n) is 13.3. The lowest BCUT2D eigenvalue weighted by atomic mass is 10.3. The smallest absolute Gasteiger partial charge is 0.314 e. The van der Waals surface area contributed by atoms with E-state index in [1.807, 2.05) is 25.1 Å². The highest BCUT2D eigenvalue weighted by Crippen LogP contribution is 2.15. The summed E-state index contributed by atoms with van der Waals surface area (Å²) in [5.74, 6) is 1.00. The van der Waals surface area contributed by atoms with Crippen molar-refractivity contribution in [3.05, 3.63) is 30.1 Å². The topological polar surface area (TPSA) is 68.2 Å². The van der Waals surface area contributed by atoms with E-state index in [9.17, 15) is 4.79 Å². The number of aromatic nitrogens is 2. The molecule has 2 amide bonds. The molecule has 0 bridgehead atoms. The second kappa shape index (κ2) is 8.38. The molecule has 0 aliphatic carbocycles. The quantitative estimate of drug-likeness (QED) is 0.734. The molecule has 0 radical (unpaired) electrons. The first kappa shape index (κ1) is 16.3. The number of urea groups is 1. The molecule has 0 spiro atoms. The number of ether oxygens (including phenoxy) is 1. The number of amides is 2. The van der Waals surface area contributed by atoms with Crippen molar-refractivity contribution in [1.29, 1.82) is 0 Å². The molecule has 0 saturated heterocycles. The highest BCUT2D eigenvalue weighted by Gasteiger charge is 2.06. The van der Waals surface area contributed by atoms with Crippen molar-refractivity contribution in [2.24, 2.45) is 0 Å². The molecule has 0 saturated carbocycles. The number of fused-ring (bicyclic) bond motifs is 1. The summed E-state index contributed by atoms with van der Waals surface area (Å²) in [6.07, 6.45) is 1.69. The Bertz CT molecular complexity index is 609. The predicted octanol–water partition coefficient (Wildman–Crippen LogP) is 2.07. The maximum atomic E-state index is 11.6. The first-order valence-corrected chi connectivity index (χ1v) is 7.65. The van der Waals surface area contributed by atoms with E-state index >= 15 is 0 Å². The lowest BCUT2D eigenvalue weighted by Gasteiger charge is -2.09. The van der Waals surface area contributed by atoms with Crippen molar-refractivity contribution >= 4 is 17.1 Å². The fraction of sp³-hybridized carbons (Fsp3) is 0.500. The van der Waals surface area contributed by atoms with Crippen molar-refractivity contribution in [3.8, 4) is 0 Å². The number of nitrogens with zero attached hydrogens (tertiary/aromatic N) is 2. The summed E-state index contributed by atoms with van der Waals surface area (Å²) >= 11 is 0. The van der Waals surface area contributed by atoms with Crippen LogP contribution in [0.1, 0.15) is 18.7 Å². The van der Waals surface area contributed by atoms with Crippen LogP contribution in [0.4, 0.5) is 4.79 Å².